The number of aromatic nitrogens is 2. The second-order valence-electron chi connectivity index (χ2n) is 3.55. The largest absolute Gasteiger partial charge is 0.363 e. The summed E-state index contributed by atoms with van der Waals surface area (Å²) in [5.41, 5.74) is 1.13. The Balaban J connectivity index is 1.98. The van der Waals surface area contributed by atoms with E-state index >= 15 is 0 Å². The second-order valence-corrected chi connectivity index (χ2v) is 6.21. The van der Waals surface area contributed by atoms with E-state index in [1.165, 1.54) is 12.5 Å². The predicted molar refractivity (Wildman–Crippen MR) is 67.9 cm³/mol. The number of nitrogens with zero attached hydrogens (tertiary/aromatic N) is 2. The number of halogens is 1. The summed E-state index contributed by atoms with van der Waals surface area (Å²) < 4.78 is 31.3. The van der Waals surface area contributed by atoms with Crippen LogP contribution in [0.25, 0.3) is 0 Å². The first-order valence-corrected chi connectivity index (χ1v) is 7.46. The molecule has 0 fully saturated rings. The fourth-order valence-corrected chi connectivity index (χ4v) is 2.66. The van der Waals surface area contributed by atoms with E-state index < -0.39 is 10.0 Å². The molecule has 0 radical (unpaired) electrons. The van der Waals surface area contributed by atoms with Gasteiger partial charge < -0.3 is 4.52 Å². The van der Waals surface area contributed by atoms with Crippen molar-refractivity contribution in [2.75, 3.05) is 0 Å². The fraction of sp³-hybridized carbons (Fsp3) is 0.200. The van der Waals surface area contributed by atoms with Crippen molar-refractivity contribution in [3.63, 3.8) is 0 Å². The second kappa shape index (κ2) is 5.59. The molecule has 0 bridgehead atoms. The van der Waals surface area contributed by atoms with Crippen LogP contribution >= 0.6 is 15.9 Å². The first-order valence-electron chi connectivity index (χ1n) is 5.02. The SMILES string of the molecule is O=S(=O)(Cc1cccnc1)NCc1nocc1Br. The molecular weight excluding hydrogens is 322 g/mol. The highest BCUT2D eigenvalue weighted by atomic mass is 79.9. The lowest BCUT2D eigenvalue weighted by molar-refractivity contribution is 0.410. The van der Waals surface area contributed by atoms with Gasteiger partial charge in [-0.25, -0.2) is 13.1 Å². The quantitative estimate of drug-likeness (QED) is 0.896. The maximum Gasteiger partial charge on any atom is 0.216 e. The third-order valence-electron chi connectivity index (χ3n) is 2.13. The lowest BCUT2D eigenvalue weighted by atomic mass is 10.3. The van der Waals surface area contributed by atoms with Gasteiger partial charge in [-0.15, -0.1) is 0 Å². The van der Waals surface area contributed by atoms with Crippen LogP contribution in [0.15, 0.2) is 39.8 Å². The molecule has 1 N–H and O–H groups in total. The molecule has 0 amide bonds. The van der Waals surface area contributed by atoms with E-state index in [9.17, 15) is 8.42 Å². The van der Waals surface area contributed by atoms with Gasteiger partial charge in [0.05, 0.1) is 16.8 Å². The molecule has 0 unspecified atom stereocenters. The van der Waals surface area contributed by atoms with E-state index in [1.54, 1.807) is 18.3 Å². The van der Waals surface area contributed by atoms with Crippen LogP contribution in [0.1, 0.15) is 11.3 Å². The Morgan fingerprint density at radius 1 is 1.44 bits per heavy atom. The van der Waals surface area contributed by atoms with Gasteiger partial charge in [-0.2, -0.15) is 0 Å². The molecular formula is C10H10BrN3O3S. The van der Waals surface area contributed by atoms with E-state index in [4.69, 9.17) is 0 Å². The zero-order valence-corrected chi connectivity index (χ0v) is 11.6. The molecule has 2 aromatic heterocycles. The number of pyridine rings is 1. The van der Waals surface area contributed by atoms with Crippen LogP contribution in [0, 0.1) is 0 Å². The average molecular weight is 332 g/mol. The number of rotatable bonds is 5. The standard InChI is InChI=1S/C10H10BrN3O3S/c11-9-6-17-14-10(9)5-13-18(15,16)7-8-2-1-3-12-4-8/h1-4,6,13H,5,7H2. The first-order chi connectivity index (χ1) is 8.57. The zero-order valence-electron chi connectivity index (χ0n) is 9.21. The van der Waals surface area contributed by atoms with Gasteiger partial charge in [-0.1, -0.05) is 11.2 Å². The van der Waals surface area contributed by atoms with E-state index in [2.05, 4.69) is 35.3 Å². The number of sulfonamides is 1. The molecule has 0 aliphatic heterocycles. The lowest BCUT2D eigenvalue weighted by Gasteiger charge is -2.04. The monoisotopic (exact) mass is 331 g/mol. The molecule has 0 aliphatic carbocycles. The maximum absolute atomic E-state index is 11.8. The van der Waals surface area contributed by atoms with E-state index in [1.807, 2.05) is 0 Å². The highest BCUT2D eigenvalue weighted by molar-refractivity contribution is 9.10. The summed E-state index contributed by atoms with van der Waals surface area (Å²) in [6.07, 6.45) is 4.51. The topological polar surface area (TPSA) is 85.1 Å². The van der Waals surface area contributed by atoms with Gasteiger partial charge in [0, 0.05) is 12.4 Å². The van der Waals surface area contributed by atoms with Crippen molar-refractivity contribution in [1.82, 2.24) is 14.9 Å². The van der Waals surface area contributed by atoms with Crippen molar-refractivity contribution >= 4 is 26.0 Å². The average Bonchev–Trinajstić information content (AvgIpc) is 2.73. The van der Waals surface area contributed by atoms with Crippen molar-refractivity contribution in [2.24, 2.45) is 0 Å². The summed E-state index contributed by atoms with van der Waals surface area (Å²) in [6, 6.07) is 3.40. The molecule has 8 heteroatoms. The Labute approximate surface area is 113 Å². The predicted octanol–water partition coefficient (Wildman–Crippen LogP) is 1.45. The molecule has 2 heterocycles. The molecule has 0 spiro atoms. The van der Waals surface area contributed by atoms with Crippen LogP contribution < -0.4 is 4.72 Å². The van der Waals surface area contributed by atoms with Crippen LogP contribution in [0.5, 0.6) is 0 Å². The van der Waals surface area contributed by atoms with Crippen molar-refractivity contribution < 1.29 is 12.9 Å². The Morgan fingerprint density at radius 3 is 2.89 bits per heavy atom. The van der Waals surface area contributed by atoms with Crippen LogP contribution in [-0.2, 0) is 22.3 Å². The summed E-state index contributed by atoms with van der Waals surface area (Å²) in [6.45, 7) is 0.0830. The summed E-state index contributed by atoms with van der Waals surface area (Å²) >= 11 is 3.20. The highest BCUT2D eigenvalue weighted by Gasteiger charge is 2.13. The number of nitrogens with one attached hydrogen (secondary N) is 1. The lowest BCUT2D eigenvalue weighted by Crippen LogP contribution is -2.25. The fourth-order valence-electron chi connectivity index (χ4n) is 1.30. The van der Waals surface area contributed by atoms with Crippen molar-refractivity contribution in [2.45, 2.75) is 12.3 Å². The van der Waals surface area contributed by atoms with Crippen molar-refractivity contribution in [3.05, 3.63) is 46.5 Å². The molecule has 18 heavy (non-hydrogen) atoms. The number of hydrogen-bond acceptors (Lipinski definition) is 5. The van der Waals surface area contributed by atoms with Gasteiger partial charge >= 0.3 is 0 Å². The van der Waals surface area contributed by atoms with Gasteiger partial charge in [0.1, 0.15) is 12.0 Å². The molecule has 2 rings (SSSR count). The van der Waals surface area contributed by atoms with E-state index in [-0.39, 0.29) is 12.3 Å². The summed E-state index contributed by atoms with van der Waals surface area (Å²) in [7, 11) is -3.42. The smallest absolute Gasteiger partial charge is 0.216 e. The Kier molecular flexibility index (Phi) is 4.10. The minimum absolute atomic E-state index is 0.0830. The molecule has 0 saturated heterocycles. The number of hydrogen-bond donors (Lipinski definition) is 1. The highest BCUT2D eigenvalue weighted by Crippen LogP contribution is 2.14. The third-order valence-corrected chi connectivity index (χ3v) is 4.08. The van der Waals surface area contributed by atoms with Gasteiger partial charge in [0.15, 0.2) is 0 Å². The van der Waals surface area contributed by atoms with Crippen molar-refractivity contribution in [3.8, 4) is 0 Å². The van der Waals surface area contributed by atoms with Gasteiger partial charge in [0.25, 0.3) is 0 Å². The van der Waals surface area contributed by atoms with E-state index in [0.717, 1.165) is 0 Å². The summed E-state index contributed by atoms with van der Waals surface area (Å²) in [5.74, 6) is -0.115. The summed E-state index contributed by atoms with van der Waals surface area (Å²) in [5, 5.41) is 3.66. The van der Waals surface area contributed by atoms with Gasteiger partial charge in [-0.3, -0.25) is 4.98 Å². The maximum atomic E-state index is 11.8. The third kappa shape index (κ3) is 3.62. The Bertz CT molecular complexity index is 612. The van der Waals surface area contributed by atoms with Crippen molar-refractivity contribution in [1.29, 1.82) is 0 Å². The van der Waals surface area contributed by atoms with Crippen LogP contribution in [0.3, 0.4) is 0 Å². The minimum Gasteiger partial charge on any atom is -0.363 e. The minimum atomic E-state index is -3.42. The van der Waals surface area contributed by atoms with Crippen LogP contribution in [0.4, 0.5) is 0 Å². The van der Waals surface area contributed by atoms with Gasteiger partial charge in [-0.05, 0) is 27.6 Å². The Morgan fingerprint density at radius 2 is 2.28 bits per heavy atom. The van der Waals surface area contributed by atoms with Gasteiger partial charge in [0.2, 0.25) is 10.0 Å². The van der Waals surface area contributed by atoms with Crippen LogP contribution in [0.2, 0.25) is 0 Å². The molecule has 0 aromatic carbocycles. The summed E-state index contributed by atoms with van der Waals surface area (Å²) in [4.78, 5) is 3.87. The molecule has 0 saturated carbocycles. The first kappa shape index (κ1) is 13.2. The molecule has 96 valence electrons. The molecule has 6 nitrogen and oxygen atoms in total. The molecule has 0 aliphatic rings. The molecule has 0 atom stereocenters. The normalized spacial score (nSPS) is 11.6. The molecule has 2 aromatic rings. The zero-order chi connectivity index (χ0) is 13.0. The van der Waals surface area contributed by atoms with E-state index in [0.29, 0.717) is 15.7 Å². The Hall–Kier alpha value is -1.25. The van der Waals surface area contributed by atoms with Crippen LogP contribution in [-0.4, -0.2) is 18.6 Å².